The topological polar surface area (TPSA) is 102 Å². The van der Waals surface area contributed by atoms with Gasteiger partial charge in [-0.1, -0.05) is 0 Å². The van der Waals surface area contributed by atoms with Crippen LogP contribution in [-0.4, -0.2) is 63.6 Å². The van der Waals surface area contributed by atoms with Gasteiger partial charge in [-0.25, -0.2) is 0 Å². The molecule has 9 heteroatoms. The molecule has 1 amide bonds. The Bertz CT molecular complexity index is 657. The number of non-ortho nitro benzene ring substituents is 1. The number of hydrogen-bond donors (Lipinski definition) is 1. The second kappa shape index (κ2) is 9.20. The third kappa shape index (κ3) is 5.86. The smallest absolute Gasteiger partial charge is 0.269 e. The van der Waals surface area contributed by atoms with Crippen LogP contribution in [0.1, 0.15) is 20.8 Å². The van der Waals surface area contributed by atoms with Crippen LogP contribution in [0.3, 0.4) is 0 Å². The maximum Gasteiger partial charge on any atom is 0.269 e. The largest absolute Gasteiger partial charge is 0.373 e. The molecule has 0 saturated carbocycles. The first-order valence-electron chi connectivity index (χ1n) is 8.55. The number of benzene rings is 1. The van der Waals surface area contributed by atoms with Crippen molar-refractivity contribution in [2.75, 3.05) is 25.4 Å². The Balaban J connectivity index is 1.80. The van der Waals surface area contributed by atoms with Crippen LogP contribution in [0.4, 0.5) is 5.69 Å². The Morgan fingerprint density at radius 1 is 1.35 bits per heavy atom. The van der Waals surface area contributed by atoms with Crippen LogP contribution in [0.15, 0.2) is 29.2 Å². The van der Waals surface area contributed by atoms with E-state index < -0.39 is 15.7 Å². The zero-order valence-electron chi connectivity index (χ0n) is 15.2. The number of carbonyl (C=O) groups excluding carboxylic acids is 1. The van der Waals surface area contributed by atoms with Gasteiger partial charge in [0.1, 0.15) is 5.75 Å². The van der Waals surface area contributed by atoms with Gasteiger partial charge in [0.25, 0.3) is 5.69 Å². The van der Waals surface area contributed by atoms with Gasteiger partial charge in [-0.2, -0.15) is 0 Å². The molecule has 1 aliphatic heterocycles. The van der Waals surface area contributed by atoms with Crippen molar-refractivity contribution in [2.24, 2.45) is 0 Å². The van der Waals surface area contributed by atoms with Crippen LogP contribution >= 0.6 is 0 Å². The summed E-state index contributed by atoms with van der Waals surface area (Å²) >= 11 is 0. The Morgan fingerprint density at radius 3 is 2.46 bits per heavy atom. The van der Waals surface area contributed by atoms with Crippen LogP contribution in [0.2, 0.25) is 0 Å². The summed E-state index contributed by atoms with van der Waals surface area (Å²) in [6.45, 7) is 8.20. The predicted molar refractivity (Wildman–Crippen MR) is 98.4 cm³/mol. The Hall–Kier alpha value is -1.84. The SMILES string of the molecule is CC1CN(C(C)CNC(=O)CS(=O)c2ccc([N+](=O)[O-])cc2)CC(C)O1. The van der Waals surface area contributed by atoms with Gasteiger partial charge in [-0.05, 0) is 32.9 Å². The van der Waals surface area contributed by atoms with Crippen molar-refractivity contribution in [3.8, 4) is 0 Å². The van der Waals surface area contributed by atoms with E-state index in [1.807, 2.05) is 20.8 Å². The number of nitro benzene ring substituents is 1. The average Bonchev–Trinajstić information content (AvgIpc) is 2.58. The van der Waals surface area contributed by atoms with Gasteiger partial charge in [-0.3, -0.25) is 24.0 Å². The number of rotatable bonds is 7. The predicted octanol–water partition coefficient (Wildman–Crippen LogP) is 1.32. The number of nitrogens with one attached hydrogen (secondary N) is 1. The summed E-state index contributed by atoms with van der Waals surface area (Å²) in [7, 11) is -1.53. The van der Waals surface area contributed by atoms with Crippen LogP contribution in [-0.2, 0) is 20.3 Å². The molecule has 1 aliphatic rings. The standard InChI is InChI=1S/C17H25N3O5S/c1-12(19-9-13(2)25-14(3)10-19)8-18-17(21)11-26(24)16-6-4-15(5-7-16)20(22)23/h4-7,12-14H,8-11H2,1-3H3,(H,18,21). The van der Waals surface area contributed by atoms with Gasteiger partial charge in [0.05, 0.1) is 27.9 Å². The van der Waals surface area contributed by atoms with Crippen molar-refractivity contribution in [1.82, 2.24) is 10.2 Å². The number of ether oxygens (including phenoxy) is 1. The van der Waals surface area contributed by atoms with Gasteiger partial charge >= 0.3 is 0 Å². The van der Waals surface area contributed by atoms with Crippen molar-refractivity contribution in [3.63, 3.8) is 0 Å². The molecule has 0 bridgehead atoms. The number of amides is 1. The molecule has 0 spiro atoms. The lowest BCUT2D eigenvalue weighted by atomic mass is 10.2. The zero-order chi connectivity index (χ0) is 19.3. The monoisotopic (exact) mass is 383 g/mol. The van der Waals surface area contributed by atoms with Crippen molar-refractivity contribution in [3.05, 3.63) is 34.4 Å². The fourth-order valence-corrected chi connectivity index (χ4v) is 3.89. The van der Waals surface area contributed by atoms with E-state index in [2.05, 4.69) is 10.2 Å². The van der Waals surface area contributed by atoms with Gasteiger partial charge in [0.15, 0.2) is 0 Å². The highest BCUT2D eigenvalue weighted by atomic mass is 32.2. The van der Waals surface area contributed by atoms with Crippen LogP contribution in [0.5, 0.6) is 0 Å². The molecule has 1 saturated heterocycles. The van der Waals surface area contributed by atoms with Gasteiger partial charge in [0.2, 0.25) is 5.91 Å². The van der Waals surface area contributed by atoms with Gasteiger partial charge < -0.3 is 10.1 Å². The molecule has 2 rings (SSSR count). The van der Waals surface area contributed by atoms with Crippen LogP contribution in [0, 0.1) is 10.1 Å². The number of carbonyl (C=O) groups is 1. The van der Waals surface area contributed by atoms with E-state index in [4.69, 9.17) is 4.74 Å². The highest BCUT2D eigenvalue weighted by Crippen LogP contribution is 2.15. The highest BCUT2D eigenvalue weighted by molar-refractivity contribution is 7.85. The van der Waals surface area contributed by atoms with Crippen LogP contribution < -0.4 is 5.32 Å². The van der Waals surface area contributed by atoms with E-state index in [0.717, 1.165) is 13.1 Å². The number of nitro groups is 1. The first-order valence-corrected chi connectivity index (χ1v) is 9.87. The molecule has 1 aromatic rings. The molecule has 1 aromatic carbocycles. The third-order valence-corrected chi connectivity index (χ3v) is 5.56. The molecule has 26 heavy (non-hydrogen) atoms. The molecule has 1 fully saturated rings. The van der Waals surface area contributed by atoms with E-state index in [9.17, 15) is 19.1 Å². The second-order valence-electron chi connectivity index (χ2n) is 6.61. The van der Waals surface area contributed by atoms with Crippen molar-refractivity contribution in [1.29, 1.82) is 0 Å². The molecule has 4 unspecified atom stereocenters. The van der Waals surface area contributed by atoms with E-state index in [1.54, 1.807) is 0 Å². The van der Waals surface area contributed by atoms with E-state index in [1.165, 1.54) is 24.3 Å². The Kier molecular flexibility index (Phi) is 7.24. The minimum atomic E-state index is -1.53. The summed E-state index contributed by atoms with van der Waals surface area (Å²) in [6.07, 6.45) is 0.318. The third-order valence-electron chi connectivity index (χ3n) is 4.24. The van der Waals surface area contributed by atoms with Gasteiger partial charge in [0, 0.05) is 42.7 Å². The zero-order valence-corrected chi connectivity index (χ0v) is 16.0. The quantitative estimate of drug-likeness (QED) is 0.563. The maximum absolute atomic E-state index is 12.2. The molecular weight excluding hydrogens is 358 g/mol. The molecular formula is C17H25N3O5S. The minimum Gasteiger partial charge on any atom is -0.373 e. The maximum atomic E-state index is 12.2. The summed E-state index contributed by atoms with van der Waals surface area (Å²) in [5.41, 5.74) is -0.0713. The lowest BCUT2D eigenvalue weighted by Gasteiger charge is -2.39. The lowest BCUT2D eigenvalue weighted by Crippen LogP contribution is -2.52. The molecule has 144 valence electrons. The number of hydrogen-bond acceptors (Lipinski definition) is 6. The second-order valence-corrected chi connectivity index (χ2v) is 8.06. The highest BCUT2D eigenvalue weighted by Gasteiger charge is 2.26. The summed E-state index contributed by atoms with van der Waals surface area (Å²) < 4.78 is 17.9. The number of nitrogens with zero attached hydrogens (tertiary/aromatic N) is 2. The molecule has 8 nitrogen and oxygen atoms in total. The summed E-state index contributed by atoms with van der Waals surface area (Å²) in [5.74, 6) is -0.469. The van der Waals surface area contributed by atoms with Crippen molar-refractivity contribution in [2.45, 2.75) is 43.9 Å². The number of morpholine rings is 1. The molecule has 1 heterocycles. The molecule has 4 atom stereocenters. The van der Waals surface area contributed by atoms with E-state index in [0.29, 0.717) is 11.4 Å². The van der Waals surface area contributed by atoms with E-state index >= 15 is 0 Å². The van der Waals surface area contributed by atoms with E-state index in [-0.39, 0.29) is 35.6 Å². The fourth-order valence-electron chi connectivity index (χ4n) is 2.94. The summed E-state index contributed by atoms with van der Waals surface area (Å²) in [5, 5.41) is 13.5. The fraction of sp³-hybridized carbons (Fsp3) is 0.588. The minimum absolute atomic E-state index is 0.0713. The Labute approximate surface area is 155 Å². The first-order chi connectivity index (χ1) is 12.3. The summed E-state index contributed by atoms with van der Waals surface area (Å²) in [4.78, 5) is 24.8. The summed E-state index contributed by atoms with van der Waals surface area (Å²) in [6, 6.07) is 5.56. The Morgan fingerprint density at radius 2 is 1.92 bits per heavy atom. The molecule has 0 aliphatic carbocycles. The van der Waals surface area contributed by atoms with Crippen LogP contribution in [0.25, 0.3) is 0 Å². The molecule has 1 N–H and O–H groups in total. The average molecular weight is 383 g/mol. The lowest BCUT2D eigenvalue weighted by molar-refractivity contribution is -0.384. The normalized spacial score (nSPS) is 23.2. The van der Waals surface area contributed by atoms with Crippen molar-refractivity contribution < 1.29 is 18.7 Å². The molecule has 0 radical (unpaired) electrons. The first kappa shape index (κ1) is 20.5. The van der Waals surface area contributed by atoms with Crippen molar-refractivity contribution >= 4 is 22.4 Å². The van der Waals surface area contributed by atoms with Gasteiger partial charge in [-0.15, -0.1) is 0 Å². The molecule has 0 aromatic heterocycles.